The van der Waals surface area contributed by atoms with Gasteiger partial charge >= 0.3 is 0 Å². The fraction of sp³-hybridized carbons (Fsp3) is 0.455. The zero-order valence-electron chi connectivity index (χ0n) is 17.2. The van der Waals surface area contributed by atoms with Gasteiger partial charge in [0, 0.05) is 5.56 Å². The molecule has 2 atom stereocenters. The van der Waals surface area contributed by atoms with E-state index < -0.39 is 6.10 Å². The van der Waals surface area contributed by atoms with Gasteiger partial charge in [-0.2, -0.15) is 0 Å². The lowest BCUT2D eigenvalue weighted by atomic mass is 10.2. The Balaban J connectivity index is 1.76. The van der Waals surface area contributed by atoms with E-state index in [0.29, 0.717) is 26.4 Å². The summed E-state index contributed by atoms with van der Waals surface area (Å²) in [4.78, 5) is 1.19. The molecule has 2 aromatic rings. The molecule has 1 unspecified atom stereocenters. The van der Waals surface area contributed by atoms with Crippen LogP contribution in [0.3, 0.4) is 0 Å². The van der Waals surface area contributed by atoms with Gasteiger partial charge in [-0.25, -0.2) is 0 Å². The molecule has 0 fully saturated rings. The van der Waals surface area contributed by atoms with Gasteiger partial charge in [-0.15, -0.1) is 0 Å². The Kier molecular flexibility index (Phi) is 9.07. The van der Waals surface area contributed by atoms with Gasteiger partial charge in [0.05, 0.1) is 41.1 Å². The van der Waals surface area contributed by atoms with Crippen LogP contribution in [0.15, 0.2) is 42.5 Å². The van der Waals surface area contributed by atoms with Crippen LogP contribution < -0.4 is 19.1 Å². The van der Waals surface area contributed by atoms with Gasteiger partial charge in [0.15, 0.2) is 11.5 Å². The van der Waals surface area contributed by atoms with Crippen LogP contribution in [0, 0.1) is 0 Å². The van der Waals surface area contributed by atoms with Crippen molar-refractivity contribution in [2.45, 2.75) is 26.2 Å². The fourth-order valence-electron chi connectivity index (χ4n) is 3.01. The van der Waals surface area contributed by atoms with Crippen LogP contribution in [0.4, 0.5) is 0 Å². The number of likely N-dealkylation sites (N-methyl/N-ethyl adjacent to an activating group) is 1. The minimum atomic E-state index is -0.525. The van der Waals surface area contributed by atoms with E-state index in [4.69, 9.17) is 18.9 Å². The smallest absolute Gasteiger partial charge is 0.161 e. The van der Waals surface area contributed by atoms with E-state index >= 15 is 0 Å². The van der Waals surface area contributed by atoms with E-state index in [1.54, 1.807) is 14.2 Å². The van der Waals surface area contributed by atoms with E-state index in [2.05, 4.69) is 7.05 Å². The van der Waals surface area contributed by atoms with Crippen molar-refractivity contribution < 1.29 is 29.0 Å². The Morgan fingerprint density at radius 3 is 2.32 bits per heavy atom. The van der Waals surface area contributed by atoms with Gasteiger partial charge in [0.1, 0.15) is 24.9 Å². The Morgan fingerprint density at radius 2 is 1.68 bits per heavy atom. The molecular weight excluding hydrogens is 358 g/mol. The molecule has 6 heteroatoms. The number of hydrogen-bond acceptors (Lipinski definition) is 5. The highest BCUT2D eigenvalue weighted by Gasteiger charge is 2.14. The summed E-state index contributed by atoms with van der Waals surface area (Å²) in [7, 11) is 5.34. The largest absolute Gasteiger partial charge is 0.497 e. The Bertz CT molecular complexity index is 705. The predicted octanol–water partition coefficient (Wildman–Crippen LogP) is 1.69. The molecule has 2 aromatic carbocycles. The third kappa shape index (κ3) is 7.03. The summed E-state index contributed by atoms with van der Waals surface area (Å²) < 4.78 is 21.7. The lowest BCUT2D eigenvalue weighted by molar-refractivity contribution is -0.897. The summed E-state index contributed by atoms with van der Waals surface area (Å²) in [6.45, 7) is 4.69. The SMILES string of the molecule is CCOc1ccc(C[NH+](C)C[C@@H](O)COCc2ccc(OC)cc2)cc1OC. The average Bonchev–Trinajstić information content (AvgIpc) is 2.69. The maximum absolute atomic E-state index is 10.3. The average molecular weight is 391 g/mol. The first-order chi connectivity index (χ1) is 13.5. The standard InChI is InChI=1S/C22H31NO5/c1-5-28-21-11-8-18(12-22(21)26-4)13-23(2)14-19(24)16-27-15-17-6-9-20(25-3)10-7-17/h6-12,19,24H,5,13-16H2,1-4H3/p+1/t19-/m1/s1. The maximum Gasteiger partial charge on any atom is 0.161 e. The zero-order valence-corrected chi connectivity index (χ0v) is 17.2. The number of hydrogen-bond donors (Lipinski definition) is 2. The van der Waals surface area contributed by atoms with Crippen LogP contribution in [-0.2, 0) is 17.9 Å². The quantitative estimate of drug-likeness (QED) is 0.578. The first kappa shape index (κ1) is 22.0. The van der Waals surface area contributed by atoms with Gasteiger partial charge in [-0.3, -0.25) is 0 Å². The fourth-order valence-corrected chi connectivity index (χ4v) is 3.01. The van der Waals surface area contributed by atoms with Crippen molar-refractivity contribution in [2.24, 2.45) is 0 Å². The van der Waals surface area contributed by atoms with Gasteiger partial charge < -0.3 is 29.0 Å². The normalized spacial score (nSPS) is 13.0. The van der Waals surface area contributed by atoms with Crippen LogP contribution in [0.25, 0.3) is 0 Å². The molecule has 28 heavy (non-hydrogen) atoms. The number of rotatable bonds is 12. The second-order valence-corrected chi connectivity index (χ2v) is 6.77. The molecule has 0 saturated heterocycles. The molecule has 0 aliphatic rings. The van der Waals surface area contributed by atoms with Crippen LogP contribution >= 0.6 is 0 Å². The topological polar surface area (TPSA) is 61.6 Å². The minimum absolute atomic E-state index is 0.302. The van der Waals surface area contributed by atoms with Crippen molar-refractivity contribution in [1.29, 1.82) is 0 Å². The van der Waals surface area contributed by atoms with Gasteiger partial charge in [0.2, 0.25) is 0 Å². The molecule has 2 N–H and O–H groups in total. The first-order valence-electron chi connectivity index (χ1n) is 9.55. The number of aliphatic hydroxyl groups is 1. The molecule has 0 bridgehead atoms. The van der Waals surface area contributed by atoms with E-state index in [1.165, 1.54) is 4.90 Å². The van der Waals surface area contributed by atoms with Crippen molar-refractivity contribution in [3.8, 4) is 17.2 Å². The highest BCUT2D eigenvalue weighted by molar-refractivity contribution is 5.42. The molecule has 0 saturated carbocycles. The summed E-state index contributed by atoms with van der Waals surface area (Å²) in [6.07, 6.45) is -0.525. The van der Waals surface area contributed by atoms with Crippen LogP contribution in [0.2, 0.25) is 0 Å². The van der Waals surface area contributed by atoms with Crippen molar-refractivity contribution in [2.75, 3.05) is 41.0 Å². The molecule has 0 spiro atoms. The molecule has 0 aliphatic carbocycles. The molecule has 0 heterocycles. The highest BCUT2D eigenvalue weighted by atomic mass is 16.5. The molecule has 0 radical (unpaired) electrons. The second kappa shape index (κ2) is 11.5. The van der Waals surface area contributed by atoms with Crippen LogP contribution in [-0.4, -0.2) is 52.2 Å². The zero-order chi connectivity index (χ0) is 20.4. The second-order valence-electron chi connectivity index (χ2n) is 6.77. The summed E-state index contributed by atoms with van der Waals surface area (Å²) in [5, 5.41) is 10.3. The third-order valence-electron chi connectivity index (χ3n) is 4.36. The summed E-state index contributed by atoms with van der Waals surface area (Å²) in [5.74, 6) is 2.30. The van der Waals surface area contributed by atoms with Gasteiger partial charge in [-0.05, 0) is 42.8 Å². The van der Waals surface area contributed by atoms with E-state index in [-0.39, 0.29) is 0 Å². The molecule has 0 amide bonds. The molecule has 0 aliphatic heterocycles. The number of quaternary nitrogens is 1. The Hall–Kier alpha value is -2.28. The molecule has 0 aromatic heterocycles. The van der Waals surface area contributed by atoms with Crippen LogP contribution in [0.5, 0.6) is 17.2 Å². The summed E-state index contributed by atoms with van der Waals surface area (Å²) in [6, 6.07) is 13.7. The third-order valence-corrected chi connectivity index (χ3v) is 4.36. The number of aliphatic hydroxyl groups excluding tert-OH is 1. The Labute approximate surface area is 167 Å². The lowest BCUT2D eigenvalue weighted by Crippen LogP contribution is -3.08. The molecule has 154 valence electrons. The van der Waals surface area contributed by atoms with Crippen molar-refractivity contribution in [1.82, 2.24) is 0 Å². The van der Waals surface area contributed by atoms with Crippen molar-refractivity contribution in [3.63, 3.8) is 0 Å². The summed E-state index contributed by atoms with van der Waals surface area (Å²) in [5.41, 5.74) is 2.18. The van der Waals surface area contributed by atoms with E-state index in [1.807, 2.05) is 49.4 Å². The van der Waals surface area contributed by atoms with Crippen molar-refractivity contribution >= 4 is 0 Å². The number of benzene rings is 2. The molecular formula is C22H32NO5+. The molecule has 6 nitrogen and oxygen atoms in total. The van der Waals surface area contributed by atoms with E-state index in [0.717, 1.165) is 34.9 Å². The number of nitrogens with one attached hydrogen (secondary N) is 1. The lowest BCUT2D eigenvalue weighted by Gasteiger charge is -2.19. The van der Waals surface area contributed by atoms with Crippen molar-refractivity contribution in [3.05, 3.63) is 53.6 Å². The number of methoxy groups -OCH3 is 2. The predicted molar refractivity (Wildman–Crippen MR) is 108 cm³/mol. The van der Waals surface area contributed by atoms with Gasteiger partial charge in [-0.1, -0.05) is 12.1 Å². The maximum atomic E-state index is 10.3. The number of ether oxygens (including phenoxy) is 4. The first-order valence-corrected chi connectivity index (χ1v) is 9.55. The monoisotopic (exact) mass is 390 g/mol. The summed E-state index contributed by atoms with van der Waals surface area (Å²) >= 11 is 0. The highest BCUT2D eigenvalue weighted by Crippen LogP contribution is 2.27. The van der Waals surface area contributed by atoms with E-state index in [9.17, 15) is 5.11 Å². The van der Waals surface area contributed by atoms with Crippen LogP contribution in [0.1, 0.15) is 18.1 Å². The Morgan fingerprint density at radius 1 is 0.964 bits per heavy atom. The minimum Gasteiger partial charge on any atom is -0.497 e. The van der Waals surface area contributed by atoms with Gasteiger partial charge in [0.25, 0.3) is 0 Å². The molecule has 2 rings (SSSR count).